The molecule has 116 valence electrons. The van der Waals surface area contributed by atoms with Crippen LogP contribution in [0.4, 0.5) is 0 Å². The van der Waals surface area contributed by atoms with Gasteiger partial charge in [-0.1, -0.05) is 6.07 Å². The van der Waals surface area contributed by atoms with Crippen molar-refractivity contribution in [1.82, 2.24) is 9.88 Å². The largest absolute Gasteiger partial charge is 0.454 e. The third-order valence-corrected chi connectivity index (χ3v) is 4.83. The van der Waals surface area contributed by atoms with Gasteiger partial charge in [-0.2, -0.15) is 0 Å². The Kier molecular flexibility index (Phi) is 3.73. The summed E-state index contributed by atoms with van der Waals surface area (Å²) in [6.45, 7) is 5.60. The first-order valence-electron chi connectivity index (χ1n) is 7.42. The minimum atomic E-state index is 0.226. The number of morpholine rings is 1. The van der Waals surface area contributed by atoms with Crippen LogP contribution < -0.4 is 9.47 Å². The first kappa shape index (κ1) is 14.0. The fourth-order valence-corrected chi connectivity index (χ4v) is 3.57. The third-order valence-electron chi connectivity index (χ3n) is 4.04. The van der Waals surface area contributed by atoms with E-state index in [9.17, 15) is 0 Å². The summed E-state index contributed by atoms with van der Waals surface area (Å²) in [6, 6.07) is 6.39. The van der Waals surface area contributed by atoms with Crippen molar-refractivity contribution in [3.05, 3.63) is 39.8 Å². The van der Waals surface area contributed by atoms with Gasteiger partial charge >= 0.3 is 0 Å². The zero-order valence-electron chi connectivity index (χ0n) is 12.4. The Morgan fingerprint density at radius 3 is 3.09 bits per heavy atom. The van der Waals surface area contributed by atoms with Crippen molar-refractivity contribution in [2.75, 3.05) is 26.6 Å². The topological polar surface area (TPSA) is 43.8 Å². The lowest BCUT2D eigenvalue weighted by Gasteiger charge is -2.34. The van der Waals surface area contributed by atoms with E-state index in [1.165, 1.54) is 5.56 Å². The van der Waals surface area contributed by atoms with Crippen LogP contribution in [0, 0.1) is 6.92 Å². The highest BCUT2D eigenvalue weighted by Crippen LogP contribution is 2.34. The standard InChI is InChI=1S/C16H18N2O3S/c1-11-17-13(9-22-11)14-8-19-5-4-18(14)7-12-2-3-15-16(6-12)21-10-20-15/h2-3,6,9,14H,4-5,7-8,10H2,1H3/t14-/m1/s1. The first-order chi connectivity index (χ1) is 10.8. The highest BCUT2D eigenvalue weighted by atomic mass is 32.1. The van der Waals surface area contributed by atoms with Gasteiger partial charge in [-0.05, 0) is 24.6 Å². The lowest BCUT2D eigenvalue weighted by Crippen LogP contribution is -2.39. The van der Waals surface area contributed by atoms with Crippen LogP contribution in [0.3, 0.4) is 0 Å². The number of hydrogen-bond donors (Lipinski definition) is 0. The van der Waals surface area contributed by atoms with Crippen molar-refractivity contribution in [3.8, 4) is 11.5 Å². The van der Waals surface area contributed by atoms with E-state index < -0.39 is 0 Å². The van der Waals surface area contributed by atoms with Gasteiger partial charge in [0.15, 0.2) is 11.5 Å². The number of ether oxygens (including phenoxy) is 3. The fourth-order valence-electron chi connectivity index (χ4n) is 2.91. The second-order valence-electron chi connectivity index (χ2n) is 5.54. The van der Waals surface area contributed by atoms with Crippen molar-refractivity contribution >= 4 is 11.3 Å². The maximum Gasteiger partial charge on any atom is 0.231 e. The highest BCUT2D eigenvalue weighted by molar-refractivity contribution is 7.09. The average molecular weight is 318 g/mol. The number of thiazole rings is 1. The molecule has 2 aromatic rings. The normalized spacial score (nSPS) is 21.2. The van der Waals surface area contributed by atoms with E-state index in [4.69, 9.17) is 14.2 Å². The lowest BCUT2D eigenvalue weighted by molar-refractivity contribution is -0.0140. The Labute approximate surface area is 133 Å². The molecule has 1 aromatic heterocycles. The van der Waals surface area contributed by atoms with E-state index in [2.05, 4.69) is 27.4 Å². The molecule has 4 rings (SSSR count). The molecule has 0 amide bonds. The molecule has 0 saturated carbocycles. The van der Waals surface area contributed by atoms with Crippen LogP contribution in [-0.4, -0.2) is 36.4 Å². The Balaban J connectivity index is 1.54. The number of aromatic nitrogens is 1. The summed E-state index contributed by atoms with van der Waals surface area (Å²) in [7, 11) is 0. The van der Waals surface area contributed by atoms with Gasteiger partial charge in [0.1, 0.15) is 0 Å². The van der Waals surface area contributed by atoms with Crippen LogP contribution in [0.2, 0.25) is 0 Å². The molecule has 2 aliphatic heterocycles. The van der Waals surface area contributed by atoms with E-state index in [0.717, 1.165) is 41.9 Å². The van der Waals surface area contributed by atoms with Crippen LogP contribution in [0.1, 0.15) is 22.3 Å². The average Bonchev–Trinajstić information content (AvgIpc) is 3.16. The molecule has 1 aromatic carbocycles. The fraction of sp³-hybridized carbons (Fsp3) is 0.438. The van der Waals surface area contributed by atoms with Gasteiger partial charge in [-0.15, -0.1) is 11.3 Å². The molecule has 6 heteroatoms. The SMILES string of the molecule is Cc1nc([C@H]2COCCN2Cc2ccc3c(c2)OCO3)cs1. The van der Waals surface area contributed by atoms with Gasteiger partial charge in [0, 0.05) is 18.5 Å². The summed E-state index contributed by atoms with van der Waals surface area (Å²) in [5.74, 6) is 1.67. The van der Waals surface area contributed by atoms with E-state index in [0.29, 0.717) is 13.4 Å². The molecular formula is C16H18N2O3S. The molecule has 0 unspecified atom stereocenters. The van der Waals surface area contributed by atoms with Crippen molar-refractivity contribution in [2.45, 2.75) is 19.5 Å². The van der Waals surface area contributed by atoms with Crippen molar-refractivity contribution < 1.29 is 14.2 Å². The molecule has 2 aliphatic rings. The summed E-state index contributed by atoms with van der Waals surface area (Å²) >= 11 is 1.69. The Bertz CT molecular complexity index is 673. The highest BCUT2D eigenvalue weighted by Gasteiger charge is 2.27. The number of rotatable bonds is 3. The molecule has 0 radical (unpaired) electrons. The number of hydrogen-bond acceptors (Lipinski definition) is 6. The predicted octanol–water partition coefficient (Wildman–Crippen LogP) is 2.75. The third kappa shape index (κ3) is 2.69. The first-order valence-corrected chi connectivity index (χ1v) is 8.30. The molecular weight excluding hydrogens is 300 g/mol. The number of fused-ring (bicyclic) bond motifs is 1. The summed E-state index contributed by atoms with van der Waals surface area (Å²) in [6.07, 6.45) is 0. The van der Waals surface area contributed by atoms with Gasteiger partial charge in [0.25, 0.3) is 0 Å². The van der Waals surface area contributed by atoms with Crippen molar-refractivity contribution in [2.24, 2.45) is 0 Å². The van der Waals surface area contributed by atoms with Gasteiger partial charge in [0.2, 0.25) is 6.79 Å². The molecule has 0 bridgehead atoms. The second kappa shape index (κ2) is 5.87. The van der Waals surface area contributed by atoms with E-state index in [1.54, 1.807) is 11.3 Å². The van der Waals surface area contributed by atoms with Gasteiger partial charge < -0.3 is 14.2 Å². The minimum absolute atomic E-state index is 0.226. The van der Waals surface area contributed by atoms with E-state index in [1.807, 2.05) is 13.0 Å². The molecule has 0 aliphatic carbocycles. The minimum Gasteiger partial charge on any atom is -0.454 e. The molecule has 5 nitrogen and oxygen atoms in total. The Hall–Kier alpha value is -1.63. The molecule has 0 N–H and O–H groups in total. The zero-order chi connectivity index (χ0) is 14.9. The maximum absolute atomic E-state index is 5.67. The van der Waals surface area contributed by atoms with E-state index >= 15 is 0 Å². The van der Waals surface area contributed by atoms with Crippen LogP contribution >= 0.6 is 11.3 Å². The van der Waals surface area contributed by atoms with E-state index in [-0.39, 0.29) is 6.04 Å². The lowest BCUT2D eigenvalue weighted by atomic mass is 10.1. The summed E-state index contributed by atoms with van der Waals surface area (Å²) in [5, 5.41) is 3.24. The quantitative estimate of drug-likeness (QED) is 0.870. The van der Waals surface area contributed by atoms with Crippen molar-refractivity contribution in [1.29, 1.82) is 0 Å². The van der Waals surface area contributed by atoms with Crippen LogP contribution in [0.25, 0.3) is 0 Å². The summed E-state index contributed by atoms with van der Waals surface area (Å²) < 4.78 is 16.5. The van der Waals surface area contributed by atoms with Crippen LogP contribution in [0.5, 0.6) is 11.5 Å². The molecule has 1 fully saturated rings. The Morgan fingerprint density at radius 2 is 2.23 bits per heavy atom. The second-order valence-corrected chi connectivity index (χ2v) is 6.60. The number of aryl methyl sites for hydroxylation is 1. The predicted molar refractivity (Wildman–Crippen MR) is 83.4 cm³/mol. The van der Waals surface area contributed by atoms with Crippen LogP contribution in [0.15, 0.2) is 23.6 Å². The number of benzene rings is 1. The Morgan fingerprint density at radius 1 is 1.32 bits per heavy atom. The smallest absolute Gasteiger partial charge is 0.231 e. The van der Waals surface area contributed by atoms with Gasteiger partial charge in [0.05, 0.1) is 30.0 Å². The summed E-state index contributed by atoms with van der Waals surface area (Å²) in [4.78, 5) is 7.06. The molecule has 1 atom stereocenters. The zero-order valence-corrected chi connectivity index (χ0v) is 13.3. The number of nitrogens with zero attached hydrogens (tertiary/aromatic N) is 2. The van der Waals surface area contributed by atoms with Crippen LogP contribution in [-0.2, 0) is 11.3 Å². The molecule has 1 saturated heterocycles. The van der Waals surface area contributed by atoms with Gasteiger partial charge in [-0.3, -0.25) is 4.90 Å². The summed E-state index contributed by atoms with van der Waals surface area (Å²) in [5.41, 5.74) is 2.34. The van der Waals surface area contributed by atoms with Crippen molar-refractivity contribution in [3.63, 3.8) is 0 Å². The van der Waals surface area contributed by atoms with Gasteiger partial charge in [-0.25, -0.2) is 4.98 Å². The maximum atomic E-state index is 5.67. The monoisotopic (exact) mass is 318 g/mol. The molecule has 0 spiro atoms. The molecule has 22 heavy (non-hydrogen) atoms. The molecule has 3 heterocycles.